The fourth-order valence-electron chi connectivity index (χ4n) is 2.74. The zero-order valence-corrected chi connectivity index (χ0v) is 13.4. The molecule has 0 saturated carbocycles. The molecule has 0 amide bonds. The Morgan fingerprint density at radius 3 is 1.71 bits per heavy atom. The van der Waals surface area contributed by atoms with Crippen LogP contribution in [0.4, 0.5) is 5.69 Å². The number of rotatable bonds is 5. The zero-order valence-electron chi connectivity index (χ0n) is 13.4. The van der Waals surface area contributed by atoms with Gasteiger partial charge in [0.05, 0.1) is 7.11 Å². The second-order valence-electron chi connectivity index (χ2n) is 5.45. The molecule has 1 N–H and O–H groups in total. The Hall–Kier alpha value is -3.25. The molecule has 0 aliphatic carbocycles. The number of ether oxygens (including phenoxy) is 1. The van der Waals surface area contributed by atoms with Gasteiger partial charge in [0.25, 0.3) is 0 Å². The molecule has 0 bridgehead atoms. The number of methoxy groups -OCH3 is 1. The minimum atomic E-state index is -0.961. The van der Waals surface area contributed by atoms with Crippen LogP contribution in [0.5, 0.6) is 5.75 Å². The molecule has 0 aliphatic rings. The van der Waals surface area contributed by atoms with E-state index in [0.29, 0.717) is 0 Å². The lowest BCUT2D eigenvalue weighted by Crippen LogP contribution is -2.35. The average Bonchev–Trinajstić information content (AvgIpc) is 2.68. The molecule has 3 aromatic rings. The van der Waals surface area contributed by atoms with Crippen LogP contribution in [0, 0.1) is 11.3 Å². The van der Waals surface area contributed by atoms with E-state index >= 15 is 0 Å². The average molecular weight is 314 g/mol. The van der Waals surface area contributed by atoms with E-state index in [1.54, 1.807) is 7.11 Å². The molecule has 24 heavy (non-hydrogen) atoms. The Morgan fingerprint density at radius 2 is 1.29 bits per heavy atom. The van der Waals surface area contributed by atoms with Gasteiger partial charge in [0.15, 0.2) is 5.54 Å². The molecule has 0 saturated heterocycles. The Morgan fingerprint density at radius 1 is 0.792 bits per heavy atom. The first-order valence-corrected chi connectivity index (χ1v) is 7.73. The predicted molar refractivity (Wildman–Crippen MR) is 95.9 cm³/mol. The summed E-state index contributed by atoms with van der Waals surface area (Å²) >= 11 is 0. The fraction of sp³-hybridized carbons (Fsp3) is 0.0952. The normalized spacial score (nSPS) is 10.7. The van der Waals surface area contributed by atoms with Crippen molar-refractivity contribution >= 4 is 5.69 Å². The summed E-state index contributed by atoms with van der Waals surface area (Å²) in [6.07, 6.45) is 0. The van der Waals surface area contributed by atoms with Gasteiger partial charge in [-0.3, -0.25) is 0 Å². The molecular weight excluding hydrogens is 296 g/mol. The van der Waals surface area contributed by atoms with Crippen LogP contribution in [0.2, 0.25) is 0 Å². The van der Waals surface area contributed by atoms with Crippen molar-refractivity contribution in [2.75, 3.05) is 12.4 Å². The third-order valence-corrected chi connectivity index (χ3v) is 4.00. The molecule has 0 fully saturated rings. The van der Waals surface area contributed by atoms with Gasteiger partial charge < -0.3 is 10.1 Å². The van der Waals surface area contributed by atoms with Gasteiger partial charge in [0, 0.05) is 5.69 Å². The fourth-order valence-corrected chi connectivity index (χ4v) is 2.74. The van der Waals surface area contributed by atoms with E-state index in [0.717, 1.165) is 22.6 Å². The van der Waals surface area contributed by atoms with Crippen molar-refractivity contribution in [2.45, 2.75) is 5.54 Å². The second kappa shape index (κ2) is 6.89. The molecule has 3 nitrogen and oxygen atoms in total. The summed E-state index contributed by atoms with van der Waals surface area (Å²) in [5.74, 6) is 0.780. The lowest BCUT2D eigenvalue weighted by molar-refractivity contribution is 0.415. The van der Waals surface area contributed by atoms with Crippen LogP contribution in [0.25, 0.3) is 0 Å². The Labute approximate surface area is 142 Å². The predicted octanol–water partition coefficient (Wildman–Crippen LogP) is 4.57. The summed E-state index contributed by atoms with van der Waals surface area (Å²) in [4.78, 5) is 0. The summed E-state index contributed by atoms with van der Waals surface area (Å²) in [5, 5.41) is 13.5. The molecule has 3 rings (SSSR count). The van der Waals surface area contributed by atoms with Crippen LogP contribution in [-0.4, -0.2) is 7.11 Å². The molecule has 0 aromatic heterocycles. The van der Waals surface area contributed by atoms with E-state index in [1.165, 1.54) is 0 Å². The van der Waals surface area contributed by atoms with Crippen molar-refractivity contribution < 1.29 is 4.74 Å². The molecule has 3 heteroatoms. The first-order chi connectivity index (χ1) is 11.8. The lowest BCUT2D eigenvalue weighted by atomic mass is 9.83. The molecule has 0 radical (unpaired) electrons. The topological polar surface area (TPSA) is 45.0 Å². The minimum Gasteiger partial charge on any atom is -0.497 e. The van der Waals surface area contributed by atoms with Gasteiger partial charge in [-0.25, -0.2) is 0 Å². The van der Waals surface area contributed by atoms with Crippen LogP contribution >= 0.6 is 0 Å². The van der Waals surface area contributed by atoms with Gasteiger partial charge in [-0.05, 0) is 35.4 Å². The van der Waals surface area contributed by atoms with E-state index in [4.69, 9.17) is 4.74 Å². The highest BCUT2D eigenvalue weighted by Gasteiger charge is 2.34. The molecule has 0 aliphatic heterocycles. The molecule has 118 valence electrons. The molecule has 0 atom stereocenters. The van der Waals surface area contributed by atoms with Crippen LogP contribution in [0.1, 0.15) is 11.1 Å². The third-order valence-electron chi connectivity index (χ3n) is 4.00. The first kappa shape index (κ1) is 15.6. The highest BCUT2D eigenvalue weighted by molar-refractivity contribution is 5.58. The lowest BCUT2D eigenvalue weighted by Gasteiger charge is -2.30. The van der Waals surface area contributed by atoms with Gasteiger partial charge in [0.2, 0.25) is 0 Å². The van der Waals surface area contributed by atoms with Crippen LogP contribution in [0.15, 0.2) is 84.9 Å². The summed E-state index contributed by atoms with van der Waals surface area (Å²) in [5.41, 5.74) is 1.69. The van der Waals surface area contributed by atoms with Crippen molar-refractivity contribution in [1.82, 2.24) is 0 Å². The van der Waals surface area contributed by atoms with Crippen LogP contribution in [0.3, 0.4) is 0 Å². The van der Waals surface area contributed by atoms with Crippen molar-refractivity contribution in [2.24, 2.45) is 0 Å². The minimum absolute atomic E-state index is 0.780. The number of benzene rings is 3. The number of nitriles is 1. The van der Waals surface area contributed by atoms with E-state index < -0.39 is 5.54 Å². The largest absolute Gasteiger partial charge is 0.497 e. The second-order valence-corrected chi connectivity index (χ2v) is 5.45. The van der Waals surface area contributed by atoms with E-state index in [9.17, 15) is 5.26 Å². The maximum Gasteiger partial charge on any atom is 0.176 e. The Bertz CT molecular complexity index is 782. The molecular formula is C21H18N2O. The quantitative estimate of drug-likeness (QED) is 0.750. The van der Waals surface area contributed by atoms with E-state index in [1.807, 2.05) is 84.9 Å². The van der Waals surface area contributed by atoms with Gasteiger partial charge in [0.1, 0.15) is 11.8 Å². The SMILES string of the molecule is COc1ccc(NC(C#N)(c2ccccc2)c2ccccc2)cc1. The number of nitrogens with one attached hydrogen (secondary N) is 1. The standard InChI is InChI=1S/C21H18N2O/c1-24-20-14-12-19(13-15-20)23-21(16-22,17-8-4-2-5-9-17)18-10-6-3-7-11-18/h2-15,23H,1H3. The number of hydrogen-bond acceptors (Lipinski definition) is 3. The van der Waals surface area contributed by atoms with Gasteiger partial charge in [-0.1, -0.05) is 60.7 Å². The summed E-state index contributed by atoms with van der Waals surface area (Å²) in [6, 6.07) is 29.6. The van der Waals surface area contributed by atoms with Crippen molar-refractivity contribution in [3.8, 4) is 11.8 Å². The summed E-state index contributed by atoms with van der Waals surface area (Å²) in [6.45, 7) is 0. The van der Waals surface area contributed by atoms with Crippen LogP contribution < -0.4 is 10.1 Å². The van der Waals surface area contributed by atoms with Crippen molar-refractivity contribution in [3.63, 3.8) is 0 Å². The number of hydrogen-bond donors (Lipinski definition) is 1. The third kappa shape index (κ3) is 2.95. The first-order valence-electron chi connectivity index (χ1n) is 7.73. The maximum atomic E-state index is 10.1. The van der Waals surface area contributed by atoms with Crippen molar-refractivity contribution in [1.29, 1.82) is 5.26 Å². The number of anilines is 1. The van der Waals surface area contributed by atoms with E-state index in [-0.39, 0.29) is 0 Å². The smallest absolute Gasteiger partial charge is 0.176 e. The highest BCUT2D eigenvalue weighted by atomic mass is 16.5. The van der Waals surface area contributed by atoms with Gasteiger partial charge in [-0.2, -0.15) is 5.26 Å². The van der Waals surface area contributed by atoms with Gasteiger partial charge >= 0.3 is 0 Å². The molecule has 0 heterocycles. The van der Waals surface area contributed by atoms with E-state index in [2.05, 4.69) is 11.4 Å². The monoisotopic (exact) mass is 314 g/mol. The Kier molecular flexibility index (Phi) is 4.49. The molecule has 0 spiro atoms. The summed E-state index contributed by atoms with van der Waals surface area (Å²) < 4.78 is 5.20. The highest BCUT2D eigenvalue weighted by Crippen LogP contribution is 2.33. The molecule has 0 unspecified atom stereocenters. The summed E-state index contributed by atoms with van der Waals surface area (Å²) in [7, 11) is 1.63. The van der Waals surface area contributed by atoms with Gasteiger partial charge in [-0.15, -0.1) is 0 Å². The van der Waals surface area contributed by atoms with Crippen LogP contribution in [-0.2, 0) is 5.54 Å². The maximum absolute atomic E-state index is 10.1. The Balaban J connectivity index is 2.09. The molecule has 3 aromatic carbocycles. The number of nitrogens with zero attached hydrogens (tertiary/aromatic N) is 1. The zero-order chi connectivity index (χ0) is 16.8. The van der Waals surface area contributed by atoms with Crippen molar-refractivity contribution in [3.05, 3.63) is 96.1 Å².